The minimum Gasteiger partial charge on any atom is -0.493 e. The van der Waals surface area contributed by atoms with Gasteiger partial charge in [-0.25, -0.2) is 0 Å². The molecular weight excluding hydrogens is 307 g/mol. The van der Waals surface area contributed by atoms with Gasteiger partial charge in [0.05, 0.1) is 14.2 Å². The second kappa shape index (κ2) is 6.98. The smallest absolute Gasteiger partial charge is 0.431 e. The quantitative estimate of drug-likeness (QED) is 0.805. The van der Waals surface area contributed by atoms with Crippen LogP contribution in [-0.4, -0.2) is 31.8 Å². The zero-order valence-corrected chi connectivity index (χ0v) is 13.4. The Morgan fingerprint density at radius 3 is 2.39 bits per heavy atom. The van der Waals surface area contributed by atoms with Crippen LogP contribution in [0.3, 0.4) is 0 Å². The number of methoxy groups -OCH3 is 2. The summed E-state index contributed by atoms with van der Waals surface area (Å²) in [5, 5.41) is 0. The van der Waals surface area contributed by atoms with Crippen molar-refractivity contribution in [3.8, 4) is 11.5 Å². The predicted octanol–water partition coefficient (Wildman–Crippen LogP) is 4.30. The minimum atomic E-state index is -4.37. The van der Waals surface area contributed by atoms with Gasteiger partial charge in [0.15, 0.2) is 11.5 Å². The first kappa shape index (κ1) is 17.2. The summed E-state index contributed by atoms with van der Waals surface area (Å²) < 4.78 is 50.2. The molecule has 0 bridgehead atoms. The number of benzene rings is 1. The number of nitrogens with zero attached hydrogens (tertiary/aromatic N) is 1. The Balaban J connectivity index is 2.25. The molecule has 23 heavy (non-hydrogen) atoms. The van der Waals surface area contributed by atoms with Gasteiger partial charge in [-0.15, -0.1) is 0 Å². The Kier molecular flexibility index (Phi) is 5.23. The lowest BCUT2D eigenvalue weighted by Gasteiger charge is -2.31. The Hall–Kier alpha value is -2.11. The fourth-order valence-electron chi connectivity index (χ4n) is 2.51. The number of halogens is 3. The van der Waals surface area contributed by atoms with Gasteiger partial charge in [-0.1, -0.05) is 19.1 Å². The zero-order valence-electron chi connectivity index (χ0n) is 13.4. The lowest BCUT2D eigenvalue weighted by Crippen LogP contribution is -2.33. The van der Waals surface area contributed by atoms with Gasteiger partial charge in [-0.05, 0) is 35.8 Å². The Morgan fingerprint density at radius 1 is 1.13 bits per heavy atom. The van der Waals surface area contributed by atoms with Crippen LogP contribution in [-0.2, 0) is 6.54 Å². The van der Waals surface area contributed by atoms with E-state index in [0.717, 1.165) is 5.56 Å². The van der Waals surface area contributed by atoms with Crippen LogP contribution >= 0.6 is 0 Å². The predicted molar refractivity (Wildman–Crippen MR) is 82.5 cm³/mol. The van der Waals surface area contributed by atoms with Crippen LogP contribution in [0.2, 0.25) is 0 Å². The summed E-state index contributed by atoms with van der Waals surface area (Å²) in [5.74, 6) is 1.05. The number of ether oxygens (including phenoxy) is 2. The van der Waals surface area contributed by atoms with Gasteiger partial charge in [0.25, 0.3) is 0 Å². The highest BCUT2D eigenvalue weighted by Gasteiger charge is 2.38. The van der Waals surface area contributed by atoms with Gasteiger partial charge < -0.3 is 14.4 Å². The van der Waals surface area contributed by atoms with E-state index in [0.29, 0.717) is 23.5 Å². The molecule has 0 radical (unpaired) electrons. The van der Waals surface area contributed by atoms with Crippen molar-refractivity contribution in [3.05, 3.63) is 47.2 Å². The molecule has 6 heteroatoms. The van der Waals surface area contributed by atoms with Crippen molar-refractivity contribution in [1.82, 2.24) is 4.90 Å². The summed E-state index contributed by atoms with van der Waals surface area (Å²) >= 11 is 0. The van der Waals surface area contributed by atoms with Gasteiger partial charge in [-0.3, -0.25) is 0 Å². The molecule has 2 rings (SSSR count). The third-order valence-electron chi connectivity index (χ3n) is 3.76. The molecule has 0 amide bonds. The summed E-state index contributed by atoms with van der Waals surface area (Å²) in [6.07, 6.45) is -0.727. The van der Waals surface area contributed by atoms with E-state index in [1.165, 1.54) is 25.2 Å². The van der Waals surface area contributed by atoms with Crippen LogP contribution in [0, 0.1) is 0 Å². The Bertz CT molecular complexity index is 621. The summed E-state index contributed by atoms with van der Waals surface area (Å²) in [7, 11) is 3.02. The Morgan fingerprint density at radius 2 is 1.83 bits per heavy atom. The number of allylic oxidation sites excluding steroid dienone is 3. The van der Waals surface area contributed by atoms with Gasteiger partial charge in [0, 0.05) is 13.1 Å². The maximum Gasteiger partial charge on any atom is 0.431 e. The summed E-state index contributed by atoms with van der Waals surface area (Å²) in [4.78, 5) is 1.32. The molecule has 0 saturated heterocycles. The first-order chi connectivity index (χ1) is 10.9. The molecule has 1 aromatic carbocycles. The van der Waals surface area contributed by atoms with E-state index in [9.17, 15) is 13.2 Å². The maximum atomic E-state index is 13.3. The minimum absolute atomic E-state index is 0.152. The van der Waals surface area contributed by atoms with Gasteiger partial charge >= 0.3 is 6.18 Å². The third kappa shape index (κ3) is 4.00. The molecular formula is C17H20F3NO2. The van der Waals surface area contributed by atoms with Crippen LogP contribution in [0.25, 0.3) is 0 Å². The van der Waals surface area contributed by atoms with Crippen LogP contribution in [0.5, 0.6) is 11.5 Å². The van der Waals surface area contributed by atoms with Crippen molar-refractivity contribution in [3.63, 3.8) is 0 Å². The van der Waals surface area contributed by atoms with Crippen molar-refractivity contribution in [1.29, 1.82) is 0 Å². The van der Waals surface area contributed by atoms with Crippen LogP contribution in [0.15, 0.2) is 41.6 Å². The van der Waals surface area contributed by atoms with E-state index in [4.69, 9.17) is 9.47 Å². The normalized spacial score (nSPS) is 15.1. The molecule has 0 spiro atoms. The summed E-state index contributed by atoms with van der Waals surface area (Å²) in [6.45, 7) is 2.24. The first-order valence-electron chi connectivity index (χ1n) is 7.32. The van der Waals surface area contributed by atoms with E-state index in [-0.39, 0.29) is 13.1 Å². The second-order valence-corrected chi connectivity index (χ2v) is 5.23. The van der Waals surface area contributed by atoms with E-state index in [1.54, 1.807) is 18.2 Å². The molecule has 0 unspecified atom stereocenters. The number of hydrogen-bond acceptors (Lipinski definition) is 3. The molecule has 1 aliphatic heterocycles. The average Bonchev–Trinajstić information content (AvgIpc) is 2.54. The lowest BCUT2D eigenvalue weighted by molar-refractivity contribution is -0.112. The van der Waals surface area contributed by atoms with E-state index in [1.807, 2.05) is 13.0 Å². The summed E-state index contributed by atoms with van der Waals surface area (Å²) in [5.41, 5.74) is 0.832. The molecule has 0 aromatic heterocycles. The SMILES string of the molecule is CCC1=CCN(Cc2ccc(OC)c(OC)c2)C(C(F)(F)F)=C1. The maximum absolute atomic E-state index is 13.3. The number of rotatable bonds is 5. The highest BCUT2D eigenvalue weighted by Crippen LogP contribution is 2.34. The molecule has 1 aromatic rings. The molecule has 0 N–H and O–H groups in total. The largest absolute Gasteiger partial charge is 0.493 e. The van der Waals surface area contributed by atoms with E-state index < -0.39 is 11.9 Å². The van der Waals surface area contributed by atoms with Gasteiger partial charge in [0.2, 0.25) is 0 Å². The third-order valence-corrected chi connectivity index (χ3v) is 3.76. The molecule has 0 aliphatic carbocycles. The van der Waals surface area contributed by atoms with Crippen LogP contribution in [0.4, 0.5) is 13.2 Å². The molecule has 1 heterocycles. The fraction of sp³-hybridized carbons (Fsp3) is 0.412. The van der Waals surface area contributed by atoms with E-state index >= 15 is 0 Å². The first-order valence-corrected chi connectivity index (χ1v) is 7.32. The van der Waals surface area contributed by atoms with Gasteiger partial charge in [0.1, 0.15) is 5.70 Å². The highest BCUT2D eigenvalue weighted by atomic mass is 19.4. The molecule has 0 atom stereocenters. The van der Waals surface area contributed by atoms with Crippen molar-refractivity contribution >= 4 is 0 Å². The molecule has 1 aliphatic rings. The van der Waals surface area contributed by atoms with Gasteiger partial charge in [-0.2, -0.15) is 13.2 Å². The standard InChI is InChI=1S/C17H20F3NO2/c1-4-12-7-8-21(16(10-12)17(18,19)20)11-13-5-6-14(22-2)15(9-13)23-3/h5-7,9-10H,4,8,11H2,1-3H3. The molecule has 3 nitrogen and oxygen atoms in total. The van der Waals surface area contributed by atoms with Crippen LogP contribution < -0.4 is 9.47 Å². The molecule has 0 fully saturated rings. The van der Waals surface area contributed by atoms with Crippen molar-refractivity contribution in [2.24, 2.45) is 0 Å². The summed E-state index contributed by atoms with van der Waals surface area (Å²) in [6, 6.07) is 5.14. The topological polar surface area (TPSA) is 21.7 Å². The molecule has 0 saturated carbocycles. The van der Waals surface area contributed by atoms with E-state index in [2.05, 4.69) is 0 Å². The van der Waals surface area contributed by atoms with Crippen molar-refractivity contribution < 1.29 is 22.6 Å². The number of hydrogen-bond donors (Lipinski definition) is 0. The average molecular weight is 327 g/mol. The number of alkyl halides is 3. The molecule has 126 valence electrons. The van der Waals surface area contributed by atoms with Crippen LogP contribution in [0.1, 0.15) is 18.9 Å². The Labute approximate surface area is 134 Å². The van der Waals surface area contributed by atoms with Crippen molar-refractivity contribution in [2.75, 3.05) is 20.8 Å². The fourth-order valence-corrected chi connectivity index (χ4v) is 2.51. The lowest BCUT2D eigenvalue weighted by atomic mass is 10.1. The zero-order chi connectivity index (χ0) is 17.0. The monoisotopic (exact) mass is 327 g/mol. The second-order valence-electron chi connectivity index (χ2n) is 5.23. The highest BCUT2D eigenvalue weighted by molar-refractivity contribution is 5.43. The van der Waals surface area contributed by atoms with Crippen molar-refractivity contribution in [2.45, 2.75) is 26.1 Å².